The Morgan fingerprint density at radius 3 is 3.00 bits per heavy atom. The van der Waals surface area contributed by atoms with Crippen LogP contribution >= 0.6 is 0 Å². The summed E-state index contributed by atoms with van der Waals surface area (Å²) < 4.78 is 1.59. The number of H-pyrrole nitrogens is 1. The van der Waals surface area contributed by atoms with Crippen LogP contribution in [0, 0.1) is 6.92 Å². The maximum absolute atomic E-state index is 11.1. The second-order valence-corrected chi connectivity index (χ2v) is 2.51. The molecule has 0 unspecified atom stereocenters. The Morgan fingerprint density at radius 1 is 1.45 bits per heavy atom. The Labute approximate surface area is 63.3 Å². The molecule has 56 valence electrons. The number of imidazole rings is 1. The molecule has 1 N–H and O–H groups in total. The fraction of sp³-hybridized carbons (Fsp3) is 0.125. The Morgan fingerprint density at radius 2 is 2.27 bits per heavy atom. The standard InChI is InChI=1S/C8H8N2O/c1-6-7-4-2-3-5-10(7)8(11)9-6/h2-5H,1H3,(H,9,11). The minimum absolute atomic E-state index is 0.0712. The van der Waals surface area contributed by atoms with Crippen LogP contribution in [0.4, 0.5) is 0 Å². The molecule has 0 amide bonds. The van der Waals surface area contributed by atoms with Gasteiger partial charge in [-0.15, -0.1) is 0 Å². The summed E-state index contributed by atoms with van der Waals surface area (Å²) in [5.41, 5.74) is 1.78. The lowest BCUT2D eigenvalue weighted by Crippen LogP contribution is -2.07. The van der Waals surface area contributed by atoms with Crippen molar-refractivity contribution in [3.63, 3.8) is 0 Å². The summed E-state index contributed by atoms with van der Waals surface area (Å²) in [7, 11) is 0. The van der Waals surface area contributed by atoms with Crippen molar-refractivity contribution < 1.29 is 0 Å². The first kappa shape index (κ1) is 6.22. The second-order valence-electron chi connectivity index (χ2n) is 2.51. The van der Waals surface area contributed by atoms with E-state index >= 15 is 0 Å². The lowest BCUT2D eigenvalue weighted by atomic mass is 10.3. The van der Waals surface area contributed by atoms with Crippen LogP contribution in [0.2, 0.25) is 0 Å². The second kappa shape index (κ2) is 1.99. The summed E-state index contributed by atoms with van der Waals surface area (Å²) >= 11 is 0. The van der Waals surface area contributed by atoms with Gasteiger partial charge in [-0.05, 0) is 19.1 Å². The van der Waals surface area contributed by atoms with E-state index in [4.69, 9.17) is 0 Å². The van der Waals surface area contributed by atoms with Crippen LogP contribution in [0.15, 0.2) is 29.2 Å². The molecule has 0 atom stereocenters. The number of nitrogens with zero attached hydrogens (tertiary/aromatic N) is 1. The number of nitrogens with one attached hydrogen (secondary N) is 1. The van der Waals surface area contributed by atoms with Crippen molar-refractivity contribution in [2.45, 2.75) is 6.92 Å². The third kappa shape index (κ3) is 0.774. The normalized spacial score (nSPS) is 10.6. The first-order chi connectivity index (χ1) is 5.29. The van der Waals surface area contributed by atoms with E-state index in [1.165, 1.54) is 0 Å². The highest BCUT2D eigenvalue weighted by Gasteiger charge is 1.98. The average Bonchev–Trinajstić information content (AvgIpc) is 2.30. The number of rotatable bonds is 0. The van der Waals surface area contributed by atoms with Gasteiger partial charge in [-0.25, -0.2) is 4.79 Å². The number of pyridine rings is 1. The van der Waals surface area contributed by atoms with Crippen molar-refractivity contribution in [2.75, 3.05) is 0 Å². The van der Waals surface area contributed by atoms with Crippen molar-refractivity contribution in [1.82, 2.24) is 9.38 Å². The Balaban J connectivity index is 3.07. The maximum atomic E-state index is 11.1. The molecule has 0 radical (unpaired) electrons. The lowest BCUT2D eigenvalue weighted by molar-refractivity contribution is 1.06. The van der Waals surface area contributed by atoms with E-state index in [9.17, 15) is 4.79 Å². The number of aryl methyl sites for hydroxylation is 1. The minimum Gasteiger partial charge on any atom is -0.309 e. The van der Waals surface area contributed by atoms with Crippen molar-refractivity contribution >= 4 is 5.52 Å². The van der Waals surface area contributed by atoms with Gasteiger partial charge in [0.25, 0.3) is 0 Å². The fourth-order valence-electron chi connectivity index (χ4n) is 1.21. The number of hydrogen-bond acceptors (Lipinski definition) is 1. The van der Waals surface area contributed by atoms with Gasteiger partial charge in [-0.3, -0.25) is 4.40 Å². The third-order valence-corrected chi connectivity index (χ3v) is 1.76. The van der Waals surface area contributed by atoms with Crippen LogP contribution in [0.5, 0.6) is 0 Å². The van der Waals surface area contributed by atoms with Gasteiger partial charge >= 0.3 is 5.69 Å². The van der Waals surface area contributed by atoms with E-state index in [2.05, 4.69) is 4.98 Å². The zero-order chi connectivity index (χ0) is 7.84. The van der Waals surface area contributed by atoms with Gasteiger partial charge in [0.15, 0.2) is 0 Å². The third-order valence-electron chi connectivity index (χ3n) is 1.76. The van der Waals surface area contributed by atoms with E-state index < -0.39 is 0 Å². The van der Waals surface area contributed by atoms with Crippen molar-refractivity contribution in [1.29, 1.82) is 0 Å². The zero-order valence-electron chi connectivity index (χ0n) is 6.16. The highest BCUT2D eigenvalue weighted by atomic mass is 16.1. The van der Waals surface area contributed by atoms with Crippen LogP contribution in [-0.4, -0.2) is 9.38 Å². The molecular formula is C8H8N2O. The molecule has 0 aromatic carbocycles. The van der Waals surface area contributed by atoms with Crippen LogP contribution in [-0.2, 0) is 0 Å². The molecule has 0 aliphatic heterocycles. The molecule has 0 bridgehead atoms. The lowest BCUT2D eigenvalue weighted by Gasteiger charge is -1.89. The molecule has 0 aliphatic carbocycles. The molecule has 3 heteroatoms. The van der Waals surface area contributed by atoms with Crippen LogP contribution in [0.25, 0.3) is 5.52 Å². The Hall–Kier alpha value is -1.51. The van der Waals surface area contributed by atoms with Crippen molar-refractivity contribution in [3.05, 3.63) is 40.6 Å². The fourth-order valence-corrected chi connectivity index (χ4v) is 1.21. The van der Waals surface area contributed by atoms with Gasteiger partial charge in [0.05, 0.1) is 5.52 Å². The smallest absolute Gasteiger partial charge is 0.309 e. The highest BCUT2D eigenvalue weighted by Crippen LogP contribution is 2.02. The number of hydrogen-bond donors (Lipinski definition) is 1. The molecule has 2 rings (SSSR count). The molecule has 0 saturated carbocycles. The topological polar surface area (TPSA) is 37.3 Å². The largest absolute Gasteiger partial charge is 0.330 e. The highest BCUT2D eigenvalue weighted by molar-refractivity contribution is 5.50. The summed E-state index contributed by atoms with van der Waals surface area (Å²) in [6.45, 7) is 1.89. The van der Waals surface area contributed by atoms with Gasteiger partial charge in [0, 0.05) is 11.9 Å². The van der Waals surface area contributed by atoms with E-state index in [0.717, 1.165) is 11.2 Å². The first-order valence-electron chi connectivity index (χ1n) is 3.45. The molecule has 11 heavy (non-hydrogen) atoms. The first-order valence-corrected chi connectivity index (χ1v) is 3.45. The van der Waals surface area contributed by atoms with Gasteiger partial charge in [-0.2, -0.15) is 0 Å². The number of aromatic amines is 1. The van der Waals surface area contributed by atoms with Crippen molar-refractivity contribution in [3.8, 4) is 0 Å². The molecule has 2 heterocycles. The van der Waals surface area contributed by atoms with Crippen LogP contribution < -0.4 is 5.69 Å². The predicted molar refractivity (Wildman–Crippen MR) is 42.8 cm³/mol. The maximum Gasteiger partial charge on any atom is 0.330 e. The summed E-state index contributed by atoms with van der Waals surface area (Å²) in [6, 6.07) is 5.66. The summed E-state index contributed by atoms with van der Waals surface area (Å²) in [5, 5.41) is 0. The number of aromatic nitrogens is 2. The molecule has 0 aliphatic rings. The van der Waals surface area contributed by atoms with Crippen molar-refractivity contribution in [2.24, 2.45) is 0 Å². The summed E-state index contributed by atoms with van der Waals surface area (Å²) in [5.74, 6) is 0. The van der Waals surface area contributed by atoms with Gasteiger partial charge < -0.3 is 4.98 Å². The van der Waals surface area contributed by atoms with Crippen LogP contribution in [0.1, 0.15) is 5.69 Å². The van der Waals surface area contributed by atoms with E-state index in [-0.39, 0.29) is 5.69 Å². The monoisotopic (exact) mass is 148 g/mol. The summed E-state index contributed by atoms with van der Waals surface area (Å²) in [6.07, 6.45) is 1.75. The summed E-state index contributed by atoms with van der Waals surface area (Å²) in [4.78, 5) is 13.8. The minimum atomic E-state index is -0.0712. The molecule has 0 saturated heterocycles. The number of fused-ring (bicyclic) bond motifs is 1. The molecule has 2 aromatic heterocycles. The molecule has 0 fully saturated rings. The van der Waals surface area contributed by atoms with E-state index in [0.29, 0.717) is 0 Å². The quantitative estimate of drug-likeness (QED) is 0.593. The Kier molecular flexibility index (Phi) is 1.12. The van der Waals surface area contributed by atoms with Gasteiger partial charge in [0.2, 0.25) is 0 Å². The molecule has 2 aromatic rings. The van der Waals surface area contributed by atoms with E-state index in [1.54, 1.807) is 10.6 Å². The SMILES string of the molecule is Cc1[nH]c(=O)n2ccccc12. The van der Waals surface area contributed by atoms with Crippen LogP contribution in [0.3, 0.4) is 0 Å². The predicted octanol–water partition coefficient (Wildman–Crippen LogP) is 0.936. The molecule has 0 spiro atoms. The molecular weight excluding hydrogens is 140 g/mol. The van der Waals surface area contributed by atoms with Gasteiger partial charge in [-0.1, -0.05) is 6.07 Å². The molecule has 3 nitrogen and oxygen atoms in total. The van der Waals surface area contributed by atoms with E-state index in [1.807, 2.05) is 25.1 Å². The Bertz CT molecular complexity index is 439. The zero-order valence-corrected chi connectivity index (χ0v) is 6.16. The average molecular weight is 148 g/mol. The van der Waals surface area contributed by atoms with Gasteiger partial charge in [0.1, 0.15) is 0 Å².